The van der Waals surface area contributed by atoms with Gasteiger partial charge in [0.1, 0.15) is 6.10 Å². The highest BCUT2D eigenvalue weighted by molar-refractivity contribution is 5.77. The van der Waals surface area contributed by atoms with E-state index in [1.54, 1.807) is 0 Å². The molecule has 3 aliphatic rings. The van der Waals surface area contributed by atoms with Gasteiger partial charge < -0.3 is 24.8 Å². The van der Waals surface area contributed by atoms with Crippen LogP contribution < -0.4 is 5.32 Å². The first-order valence-corrected chi connectivity index (χ1v) is 9.24. The molecule has 27 heavy (non-hydrogen) atoms. The van der Waals surface area contributed by atoms with E-state index in [-0.39, 0.29) is 12.6 Å². The summed E-state index contributed by atoms with van der Waals surface area (Å²) >= 11 is 0. The molecule has 1 saturated carbocycles. The van der Waals surface area contributed by atoms with Crippen molar-refractivity contribution in [3.8, 4) is 0 Å². The van der Waals surface area contributed by atoms with Gasteiger partial charge in [0.2, 0.25) is 0 Å². The molecule has 2 aliphatic heterocycles. The standard InChI is InChI=1S/C17H25F3N2O5/c1-10-2-4-16(5-3-10)26-9-11(27-16)6-21-15(25)22-7-12(14(23)24)13(8-22)17(18,19)20/h10-13H,2-9H2,1H3,(H,21,25)(H,23,24)/t10?,11?,12-,13-,16?/m1/s1. The second kappa shape index (κ2) is 7.46. The van der Waals surface area contributed by atoms with Gasteiger partial charge in [0.05, 0.1) is 18.4 Å². The van der Waals surface area contributed by atoms with E-state index in [2.05, 4.69) is 12.2 Å². The van der Waals surface area contributed by atoms with E-state index in [0.29, 0.717) is 12.5 Å². The fraction of sp³-hybridized carbons (Fsp3) is 0.882. The summed E-state index contributed by atoms with van der Waals surface area (Å²) in [6.45, 7) is 1.48. The van der Waals surface area contributed by atoms with Crippen molar-refractivity contribution >= 4 is 12.0 Å². The van der Waals surface area contributed by atoms with Crippen molar-refractivity contribution in [3.05, 3.63) is 0 Å². The number of nitrogens with one attached hydrogen (secondary N) is 1. The highest BCUT2D eigenvalue weighted by Gasteiger charge is 2.53. The van der Waals surface area contributed by atoms with Crippen molar-refractivity contribution in [2.24, 2.45) is 17.8 Å². The van der Waals surface area contributed by atoms with Crippen LogP contribution in [0.15, 0.2) is 0 Å². The molecule has 0 aromatic rings. The van der Waals surface area contributed by atoms with Gasteiger partial charge >= 0.3 is 18.2 Å². The SMILES string of the molecule is CC1CCC2(CC1)OCC(CNC(=O)N1C[C@@H](C(F)(F)F)[C@H](C(=O)O)C1)O2. The molecule has 0 aromatic carbocycles. The van der Waals surface area contributed by atoms with E-state index in [4.69, 9.17) is 14.6 Å². The summed E-state index contributed by atoms with van der Waals surface area (Å²) in [4.78, 5) is 24.2. The number of rotatable bonds is 3. The lowest BCUT2D eigenvalue weighted by Crippen LogP contribution is -2.43. The van der Waals surface area contributed by atoms with Crippen LogP contribution in [-0.4, -0.2) is 66.3 Å². The largest absolute Gasteiger partial charge is 0.481 e. The molecule has 10 heteroatoms. The third-order valence-corrected chi connectivity index (χ3v) is 5.78. The molecule has 0 radical (unpaired) electrons. The summed E-state index contributed by atoms with van der Waals surface area (Å²) in [5, 5.41) is 11.6. The number of carboxylic acid groups (broad SMARTS) is 1. The highest BCUT2D eigenvalue weighted by atomic mass is 19.4. The minimum absolute atomic E-state index is 0.112. The number of ether oxygens (including phenoxy) is 2. The molecular formula is C17H25F3N2O5. The molecule has 1 spiro atoms. The first-order valence-electron chi connectivity index (χ1n) is 9.24. The van der Waals surface area contributed by atoms with E-state index >= 15 is 0 Å². The molecule has 2 saturated heterocycles. The number of urea groups is 1. The lowest BCUT2D eigenvalue weighted by atomic mass is 9.86. The van der Waals surface area contributed by atoms with Crippen molar-refractivity contribution in [1.29, 1.82) is 0 Å². The van der Waals surface area contributed by atoms with Crippen LogP contribution in [0.5, 0.6) is 0 Å². The number of likely N-dealkylation sites (tertiary alicyclic amines) is 1. The van der Waals surface area contributed by atoms with Crippen molar-refractivity contribution in [3.63, 3.8) is 0 Å². The molecule has 2 heterocycles. The fourth-order valence-electron chi connectivity index (χ4n) is 4.05. The Hall–Kier alpha value is -1.55. The molecule has 7 nitrogen and oxygen atoms in total. The number of amides is 2. The van der Waals surface area contributed by atoms with E-state index < -0.39 is 48.9 Å². The monoisotopic (exact) mass is 394 g/mol. The first kappa shape index (κ1) is 20.2. The Kier molecular flexibility index (Phi) is 5.58. The first-order chi connectivity index (χ1) is 12.6. The molecule has 3 rings (SSSR count). The number of carboxylic acids is 1. The van der Waals surface area contributed by atoms with Crippen molar-refractivity contribution in [2.75, 3.05) is 26.2 Å². The van der Waals surface area contributed by atoms with Gasteiger partial charge in [-0.25, -0.2) is 4.79 Å². The van der Waals surface area contributed by atoms with Crippen LogP contribution in [0.1, 0.15) is 32.6 Å². The Labute approximate surface area is 155 Å². The maximum absolute atomic E-state index is 13.0. The Bertz CT molecular complexity index is 577. The third-order valence-electron chi connectivity index (χ3n) is 5.78. The van der Waals surface area contributed by atoms with Crippen LogP contribution in [-0.2, 0) is 14.3 Å². The summed E-state index contributed by atoms with van der Waals surface area (Å²) in [6, 6.07) is -0.713. The van der Waals surface area contributed by atoms with Gasteiger partial charge in [-0.2, -0.15) is 13.2 Å². The van der Waals surface area contributed by atoms with E-state index in [0.717, 1.165) is 30.6 Å². The molecule has 3 atom stereocenters. The van der Waals surface area contributed by atoms with Crippen molar-refractivity contribution in [1.82, 2.24) is 10.2 Å². The van der Waals surface area contributed by atoms with Crippen molar-refractivity contribution < 1.29 is 37.3 Å². The number of carbonyl (C=O) groups excluding carboxylic acids is 1. The minimum Gasteiger partial charge on any atom is -0.481 e. The second-order valence-corrected chi connectivity index (χ2v) is 7.83. The van der Waals surface area contributed by atoms with E-state index in [9.17, 15) is 22.8 Å². The van der Waals surface area contributed by atoms with Gasteiger partial charge in [-0.3, -0.25) is 4.79 Å². The maximum Gasteiger partial charge on any atom is 0.394 e. The zero-order valence-electron chi connectivity index (χ0n) is 15.1. The van der Waals surface area contributed by atoms with Gasteiger partial charge in [0, 0.05) is 32.5 Å². The van der Waals surface area contributed by atoms with Crippen molar-refractivity contribution in [2.45, 2.75) is 50.7 Å². The number of aliphatic carboxylic acids is 1. The summed E-state index contributed by atoms with van der Waals surface area (Å²) in [5.41, 5.74) is 0. The summed E-state index contributed by atoms with van der Waals surface area (Å²) < 4.78 is 50.8. The van der Waals surface area contributed by atoms with Gasteiger partial charge in [-0.1, -0.05) is 6.92 Å². The van der Waals surface area contributed by atoms with Crippen LogP contribution in [0.2, 0.25) is 0 Å². The van der Waals surface area contributed by atoms with Crippen LogP contribution in [0.4, 0.5) is 18.0 Å². The average molecular weight is 394 g/mol. The smallest absolute Gasteiger partial charge is 0.394 e. The fourth-order valence-corrected chi connectivity index (χ4v) is 4.05. The van der Waals surface area contributed by atoms with Crippen LogP contribution >= 0.6 is 0 Å². The zero-order valence-corrected chi connectivity index (χ0v) is 15.1. The highest BCUT2D eigenvalue weighted by Crippen LogP contribution is 2.40. The predicted octanol–water partition coefficient (Wildman–Crippen LogP) is 2.21. The normalized spacial score (nSPS) is 37.0. The van der Waals surface area contributed by atoms with E-state index in [1.807, 2.05) is 0 Å². The minimum atomic E-state index is -4.66. The number of nitrogens with zero attached hydrogens (tertiary/aromatic N) is 1. The van der Waals surface area contributed by atoms with Gasteiger partial charge in [-0.05, 0) is 18.8 Å². The lowest BCUT2D eigenvalue weighted by Gasteiger charge is -2.34. The Morgan fingerprint density at radius 3 is 2.48 bits per heavy atom. The molecular weight excluding hydrogens is 369 g/mol. The Morgan fingerprint density at radius 2 is 1.93 bits per heavy atom. The number of hydrogen-bond acceptors (Lipinski definition) is 4. The van der Waals surface area contributed by atoms with Crippen LogP contribution in [0, 0.1) is 17.8 Å². The van der Waals surface area contributed by atoms with E-state index in [1.165, 1.54) is 0 Å². The average Bonchev–Trinajstić information content (AvgIpc) is 3.21. The van der Waals surface area contributed by atoms with Gasteiger partial charge in [0.25, 0.3) is 0 Å². The quantitative estimate of drug-likeness (QED) is 0.766. The summed E-state index contributed by atoms with van der Waals surface area (Å²) in [6.07, 6.45) is -1.44. The molecule has 1 aliphatic carbocycles. The van der Waals surface area contributed by atoms with Crippen LogP contribution in [0.3, 0.4) is 0 Å². The predicted molar refractivity (Wildman–Crippen MR) is 86.8 cm³/mol. The van der Waals surface area contributed by atoms with Gasteiger partial charge in [-0.15, -0.1) is 0 Å². The number of hydrogen-bond donors (Lipinski definition) is 2. The molecule has 3 fully saturated rings. The molecule has 0 aromatic heterocycles. The van der Waals surface area contributed by atoms with Gasteiger partial charge in [0.15, 0.2) is 5.79 Å². The Morgan fingerprint density at radius 1 is 1.26 bits per heavy atom. The molecule has 0 bridgehead atoms. The number of alkyl halides is 3. The third kappa shape index (κ3) is 4.48. The number of carbonyl (C=O) groups is 2. The molecule has 154 valence electrons. The maximum atomic E-state index is 13.0. The molecule has 1 unspecified atom stereocenters. The zero-order chi connectivity index (χ0) is 19.8. The molecule has 2 N–H and O–H groups in total. The molecule has 2 amide bonds. The van der Waals surface area contributed by atoms with Crippen LogP contribution in [0.25, 0.3) is 0 Å². The summed E-state index contributed by atoms with van der Waals surface area (Å²) in [7, 11) is 0. The summed E-state index contributed by atoms with van der Waals surface area (Å²) in [5.74, 6) is -5.23. The number of halogens is 3. The second-order valence-electron chi connectivity index (χ2n) is 7.83. The topological polar surface area (TPSA) is 88.1 Å². The Balaban J connectivity index is 1.49. The lowest BCUT2D eigenvalue weighted by molar-refractivity contribution is -0.191.